The minimum Gasteiger partial charge on any atom is -0.550 e. The Labute approximate surface area is 234 Å². The number of carbonyl (C=O) groups is 1. The van der Waals surface area contributed by atoms with Crippen LogP contribution in [0, 0.1) is 5.82 Å². The Balaban J connectivity index is 1.84. The minimum atomic E-state index is -1.35. The fourth-order valence-electron chi connectivity index (χ4n) is 5.32. The van der Waals surface area contributed by atoms with Gasteiger partial charge in [-0.3, -0.25) is 0 Å². The Kier molecular flexibility index (Phi) is 9.74. The predicted molar refractivity (Wildman–Crippen MR) is 154 cm³/mol. The van der Waals surface area contributed by atoms with Crippen LogP contribution in [0.3, 0.4) is 0 Å². The highest BCUT2D eigenvalue weighted by Gasteiger charge is 2.27. The number of halogens is 1. The summed E-state index contributed by atoms with van der Waals surface area (Å²) in [5.74, 6) is -1.56. The third-order valence-electron chi connectivity index (χ3n) is 7.01. The molecule has 1 heterocycles. The topological polar surface area (TPSA) is 97.6 Å². The molecule has 0 aliphatic rings. The van der Waals surface area contributed by atoms with Crippen molar-refractivity contribution >= 4 is 11.7 Å². The van der Waals surface area contributed by atoms with Crippen molar-refractivity contribution in [1.82, 2.24) is 4.57 Å². The normalized spacial score (nSPS) is 12.8. The van der Waals surface area contributed by atoms with E-state index in [-0.39, 0.29) is 18.2 Å². The van der Waals surface area contributed by atoms with Crippen molar-refractivity contribution in [3.8, 4) is 22.4 Å². The average molecular weight is 544 g/mol. The summed E-state index contributed by atoms with van der Waals surface area (Å²) in [5.41, 5.74) is 7.01. The van der Waals surface area contributed by atoms with Crippen LogP contribution in [0.25, 0.3) is 22.4 Å². The van der Waals surface area contributed by atoms with Crippen LogP contribution in [0.5, 0.6) is 0 Å². The number of benzene rings is 3. The fourth-order valence-corrected chi connectivity index (χ4v) is 5.32. The number of hydrogen-bond acceptors (Lipinski definition) is 5. The molecule has 0 saturated heterocycles. The van der Waals surface area contributed by atoms with Gasteiger partial charge in [0.15, 0.2) is 0 Å². The first-order chi connectivity index (χ1) is 19.2. The van der Waals surface area contributed by atoms with E-state index < -0.39 is 24.6 Å². The largest absolute Gasteiger partial charge is 0.550 e. The number of rotatable bonds is 13. The quantitative estimate of drug-likeness (QED) is 0.212. The maximum absolute atomic E-state index is 14.0. The molecule has 40 heavy (non-hydrogen) atoms. The van der Waals surface area contributed by atoms with Crippen molar-refractivity contribution in [2.45, 2.75) is 64.3 Å². The van der Waals surface area contributed by atoms with Gasteiger partial charge in [0.25, 0.3) is 0 Å². The van der Waals surface area contributed by atoms with Gasteiger partial charge in [0.2, 0.25) is 0 Å². The number of aliphatic hydroxyl groups excluding tert-OH is 2. The molecule has 0 aliphatic heterocycles. The zero-order chi connectivity index (χ0) is 28.6. The predicted octanol–water partition coefficient (Wildman–Crippen LogP) is 5.34. The minimum absolute atomic E-state index is 0.0634. The molecule has 3 N–H and O–H groups in total. The van der Waals surface area contributed by atoms with Crippen molar-refractivity contribution in [3.05, 3.63) is 102 Å². The molecule has 0 fully saturated rings. The van der Waals surface area contributed by atoms with Crippen LogP contribution >= 0.6 is 0 Å². The van der Waals surface area contributed by atoms with Crippen LogP contribution in [0.1, 0.15) is 50.3 Å². The van der Waals surface area contributed by atoms with Crippen molar-refractivity contribution in [1.29, 1.82) is 0 Å². The number of nitrogens with zero attached hydrogens (tertiary/aromatic N) is 1. The second-order valence-electron chi connectivity index (χ2n) is 10.4. The molecule has 0 saturated carbocycles. The van der Waals surface area contributed by atoms with Gasteiger partial charge >= 0.3 is 0 Å². The number of aromatic nitrogens is 1. The van der Waals surface area contributed by atoms with E-state index in [1.165, 1.54) is 12.1 Å². The lowest BCUT2D eigenvalue weighted by molar-refractivity contribution is -0.307. The van der Waals surface area contributed by atoms with Gasteiger partial charge in [-0.25, -0.2) is 4.39 Å². The number of para-hydroxylation sites is 1. The molecule has 1 aromatic heterocycles. The van der Waals surface area contributed by atoms with Gasteiger partial charge in [-0.15, -0.1) is 0 Å². The van der Waals surface area contributed by atoms with Crippen LogP contribution < -0.4 is 10.4 Å². The first kappa shape index (κ1) is 29.1. The summed E-state index contributed by atoms with van der Waals surface area (Å²) in [6.07, 6.45) is -2.38. The lowest BCUT2D eigenvalue weighted by Crippen LogP contribution is -2.29. The molecule has 0 amide bonds. The van der Waals surface area contributed by atoms with Crippen molar-refractivity contribution in [2.75, 3.05) is 5.32 Å². The molecule has 4 rings (SSSR count). The van der Waals surface area contributed by atoms with Crippen molar-refractivity contribution in [3.63, 3.8) is 0 Å². The molecular weight excluding hydrogens is 507 g/mol. The third kappa shape index (κ3) is 7.17. The van der Waals surface area contributed by atoms with Gasteiger partial charge in [-0.1, -0.05) is 62.4 Å². The van der Waals surface area contributed by atoms with E-state index in [4.69, 9.17) is 0 Å². The van der Waals surface area contributed by atoms with Gasteiger partial charge in [0, 0.05) is 48.0 Å². The number of carbonyl (C=O) groups excluding carboxylic acids is 1. The smallest absolute Gasteiger partial charge is 0.123 e. The Hall–Kier alpha value is -3.94. The number of carboxylic acid groups (broad SMARTS) is 1. The second kappa shape index (κ2) is 13.4. The highest BCUT2D eigenvalue weighted by atomic mass is 19.1. The molecule has 4 aromatic rings. The lowest BCUT2D eigenvalue weighted by atomic mass is 9.95. The van der Waals surface area contributed by atoms with Crippen LogP contribution in [-0.2, 0) is 17.9 Å². The summed E-state index contributed by atoms with van der Waals surface area (Å²) >= 11 is 0. The Bertz CT molecular complexity index is 1390. The molecule has 0 radical (unpaired) electrons. The van der Waals surface area contributed by atoms with Gasteiger partial charge in [0.1, 0.15) is 5.82 Å². The van der Waals surface area contributed by atoms with Crippen LogP contribution in [0.4, 0.5) is 10.1 Å². The molecule has 0 spiro atoms. The molecular formula is C33H36FN2O4-. The van der Waals surface area contributed by atoms with E-state index in [1.807, 2.05) is 48.5 Å². The number of nitrogens with one attached hydrogen (secondary N) is 1. The maximum Gasteiger partial charge on any atom is 0.123 e. The number of carboxylic acids is 1. The molecule has 210 valence electrons. The number of aliphatic hydroxyl groups is 2. The van der Waals surface area contributed by atoms with Gasteiger partial charge in [0.05, 0.1) is 17.9 Å². The Morgan fingerprint density at radius 3 is 2.12 bits per heavy atom. The monoisotopic (exact) mass is 543 g/mol. The molecule has 0 unspecified atom stereocenters. The van der Waals surface area contributed by atoms with Crippen LogP contribution in [-0.4, -0.2) is 33.0 Å². The highest BCUT2D eigenvalue weighted by molar-refractivity contribution is 5.86. The van der Waals surface area contributed by atoms with Crippen molar-refractivity contribution in [2.24, 2.45) is 0 Å². The van der Waals surface area contributed by atoms with E-state index in [0.29, 0.717) is 19.5 Å². The molecule has 2 atom stereocenters. The highest BCUT2D eigenvalue weighted by Crippen LogP contribution is 2.42. The van der Waals surface area contributed by atoms with Crippen molar-refractivity contribution < 1.29 is 24.5 Å². The zero-order valence-electron chi connectivity index (χ0n) is 22.9. The van der Waals surface area contributed by atoms with E-state index in [2.05, 4.69) is 35.9 Å². The van der Waals surface area contributed by atoms with E-state index in [1.54, 1.807) is 12.1 Å². The first-order valence-electron chi connectivity index (χ1n) is 13.7. The van der Waals surface area contributed by atoms with Crippen LogP contribution in [0.15, 0.2) is 84.9 Å². The molecule has 7 heteroatoms. The zero-order valence-corrected chi connectivity index (χ0v) is 22.9. The van der Waals surface area contributed by atoms with Gasteiger partial charge in [-0.2, -0.15) is 0 Å². The first-order valence-corrected chi connectivity index (χ1v) is 13.7. The number of hydrogen-bond donors (Lipinski definition) is 3. The maximum atomic E-state index is 14.0. The van der Waals surface area contributed by atoms with E-state index >= 15 is 0 Å². The standard InChI is InChI=1S/C33H37FN2O4/c1-22(2)32-29(21-35-26-11-7-4-8-12-26)31(23-9-5-3-6-10-23)33(24-13-15-25(34)16-14-24)36(32)18-17-27(37)19-28(38)20-30(39)40/h3-16,22,27-28,35,37-38H,17-21H2,1-2H3,(H,39,40)/p-1/t27-,28-/m1/s1. The lowest BCUT2D eigenvalue weighted by Gasteiger charge is -2.21. The average Bonchev–Trinajstić information content (AvgIpc) is 3.26. The van der Waals surface area contributed by atoms with Gasteiger partial charge in [-0.05, 0) is 66.3 Å². The van der Waals surface area contributed by atoms with E-state index in [9.17, 15) is 24.5 Å². The summed E-state index contributed by atoms with van der Waals surface area (Å²) in [4.78, 5) is 10.9. The fraction of sp³-hybridized carbons (Fsp3) is 0.303. The SMILES string of the molecule is CC(C)c1c(CNc2ccccc2)c(-c2ccccc2)c(-c2ccc(F)cc2)n1CC[C@@H](O)C[C@@H](O)CC(=O)[O-]. The molecule has 0 bridgehead atoms. The number of aliphatic carboxylic acids is 1. The van der Waals surface area contributed by atoms with E-state index in [0.717, 1.165) is 39.3 Å². The summed E-state index contributed by atoms with van der Waals surface area (Å²) in [6, 6.07) is 26.5. The molecule has 0 aliphatic carbocycles. The summed E-state index contributed by atoms with van der Waals surface area (Å²) < 4.78 is 16.2. The third-order valence-corrected chi connectivity index (χ3v) is 7.01. The summed E-state index contributed by atoms with van der Waals surface area (Å²) in [5, 5.41) is 35.2. The Morgan fingerprint density at radius 2 is 1.52 bits per heavy atom. The summed E-state index contributed by atoms with van der Waals surface area (Å²) in [6.45, 7) is 5.22. The Morgan fingerprint density at radius 1 is 0.900 bits per heavy atom. The van der Waals surface area contributed by atoms with Gasteiger partial charge < -0.3 is 30.0 Å². The van der Waals surface area contributed by atoms with Crippen LogP contribution in [0.2, 0.25) is 0 Å². The summed E-state index contributed by atoms with van der Waals surface area (Å²) in [7, 11) is 0. The molecule has 3 aromatic carbocycles. The number of anilines is 1. The molecule has 6 nitrogen and oxygen atoms in total. The second-order valence-corrected chi connectivity index (χ2v) is 10.4.